The first kappa shape index (κ1) is 15.2. The van der Waals surface area contributed by atoms with E-state index < -0.39 is 10.8 Å². The van der Waals surface area contributed by atoms with Crippen LogP contribution in [-0.2, 0) is 26.1 Å². The normalized spacial score (nSPS) is 14.0. The van der Waals surface area contributed by atoms with Gasteiger partial charge in [-0.05, 0) is 24.1 Å². The molecule has 5 heteroatoms. The summed E-state index contributed by atoms with van der Waals surface area (Å²) in [7, 11) is 0.206. The van der Waals surface area contributed by atoms with Gasteiger partial charge in [0.15, 0.2) is 0 Å². The van der Waals surface area contributed by atoms with Gasteiger partial charge in [-0.2, -0.15) is 0 Å². The van der Waals surface area contributed by atoms with Crippen LogP contribution in [0.2, 0.25) is 5.02 Å². The van der Waals surface area contributed by atoms with E-state index in [4.69, 9.17) is 11.6 Å². The van der Waals surface area contributed by atoms with E-state index in [0.29, 0.717) is 10.8 Å². The molecule has 100 valence electrons. The first-order valence-electron chi connectivity index (χ1n) is 5.62. The van der Waals surface area contributed by atoms with Gasteiger partial charge in [0.1, 0.15) is 0 Å². The molecule has 3 nitrogen and oxygen atoms in total. The van der Waals surface area contributed by atoms with Gasteiger partial charge in [-0.15, -0.1) is 0 Å². The van der Waals surface area contributed by atoms with Crippen molar-refractivity contribution >= 4 is 28.4 Å². The van der Waals surface area contributed by atoms with Crippen LogP contribution in [0.5, 0.6) is 0 Å². The van der Waals surface area contributed by atoms with Crippen molar-refractivity contribution in [1.29, 1.82) is 0 Å². The predicted molar refractivity (Wildman–Crippen MR) is 74.1 cm³/mol. The van der Waals surface area contributed by atoms with Gasteiger partial charge in [-0.3, -0.25) is 9.00 Å². The van der Waals surface area contributed by atoms with Gasteiger partial charge in [-0.1, -0.05) is 30.7 Å². The van der Waals surface area contributed by atoms with Crippen LogP contribution in [0, 0.1) is 12.8 Å². The molecule has 1 aromatic rings. The van der Waals surface area contributed by atoms with Gasteiger partial charge in [0.05, 0.1) is 18.8 Å². The highest BCUT2D eigenvalue weighted by Crippen LogP contribution is 2.19. The average molecular weight is 289 g/mol. The number of carbonyl (C=O) groups excluding carboxylic acids is 1. The number of rotatable bonds is 5. The van der Waals surface area contributed by atoms with E-state index in [1.165, 1.54) is 7.11 Å². The zero-order valence-electron chi connectivity index (χ0n) is 10.7. The monoisotopic (exact) mass is 288 g/mol. The largest absolute Gasteiger partial charge is 0.469 e. The van der Waals surface area contributed by atoms with Crippen LogP contribution < -0.4 is 0 Å². The number of hydrogen-bond acceptors (Lipinski definition) is 3. The van der Waals surface area contributed by atoms with Crippen molar-refractivity contribution in [3.63, 3.8) is 0 Å². The molecule has 0 saturated heterocycles. The molecule has 0 amide bonds. The summed E-state index contributed by atoms with van der Waals surface area (Å²) in [6, 6.07) is 5.65. The molecule has 0 aliphatic heterocycles. The molecular weight excluding hydrogens is 272 g/mol. The molecular formula is C13H17ClO3S. The van der Waals surface area contributed by atoms with Gasteiger partial charge >= 0.3 is 5.97 Å². The Morgan fingerprint density at radius 3 is 2.72 bits per heavy atom. The molecule has 0 bridgehead atoms. The lowest BCUT2D eigenvalue weighted by Crippen LogP contribution is -2.20. The van der Waals surface area contributed by atoms with E-state index in [0.717, 1.165) is 11.1 Å². The second-order valence-electron chi connectivity index (χ2n) is 4.27. The van der Waals surface area contributed by atoms with E-state index in [-0.39, 0.29) is 17.6 Å². The molecule has 0 saturated carbocycles. The Kier molecular flexibility index (Phi) is 5.82. The molecule has 1 rings (SSSR count). The summed E-state index contributed by atoms with van der Waals surface area (Å²) >= 11 is 6.07. The molecule has 0 heterocycles. The molecule has 1 aromatic carbocycles. The number of hydrogen-bond donors (Lipinski definition) is 0. The maximum atomic E-state index is 11.9. The van der Waals surface area contributed by atoms with Crippen molar-refractivity contribution in [2.45, 2.75) is 19.6 Å². The minimum atomic E-state index is -1.13. The highest BCUT2D eigenvalue weighted by molar-refractivity contribution is 7.84. The second kappa shape index (κ2) is 6.90. The average Bonchev–Trinajstić information content (AvgIpc) is 2.31. The Labute approximate surface area is 115 Å². The smallest absolute Gasteiger partial charge is 0.309 e. The second-order valence-corrected chi connectivity index (χ2v) is 6.18. The standard InChI is InChI=1S/C13H17ClO3S/c1-9-4-5-11(12(14)6-9)8-18(16)7-10(2)13(15)17-3/h4-6,10H,7-8H2,1-3H3. The fourth-order valence-electron chi connectivity index (χ4n) is 1.55. The van der Waals surface area contributed by atoms with Crippen LogP contribution in [-0.4, -0.2) is 23.0 Å². The van der Waals surface area contributed by atoms with Gasteiger partial charge in [0, 0.05) is 21.6 Å². The van der Waals surface area contributed by atoms with E-state index in [9.17, 15) is 9.00 Å². The van der Waals surface area contributed by atoms with Crippen LogP contribution >= 0.6 is 11.6 Å². The molecule has 18 heavy (non-hydrogen) atoms. The topological polar surface area (TPSA) is 43.4 Å². The predicted octanol–water partition coefficient (Wildman–Crippen LogP) is 2.71. The van der Waals surface area contributed by atoms with Crippen molar-refractivity contribution in [1.82, 2.24) is 0 Å². The quantitative estimate of drug-likeness (QED) is 0.783. The molecule has 0 N–H and O–H groups in total. The molecule has 0 aromatic heterocycles. The summed E-state index contributed by atoms with van der Waals surface area (Å²) in [5, 5.41) is 0.620. The number of carbonyl (C=O) groups is 1. The Hall–Kier alpha value is -0.870. The lowest BCUT2D eigenvalue weighted by molar-refractivity contribution is -0.144. The van der Waals surface area contributed by atoms with Crippen molar-refractivity contribution < 1.29 is 13.7 Å². The summed E-state index contributed by atoms with van der Waals surface area (Å²) < 4.78 is 16.5. The van der Waals surface area contributed by atoms with E-state index >= 15 is 0 Å². The minimum absolute atomic E-state index is 0.289. The molecule has 0 radical (unpaired) electrons. The molecule has 0 fully saturated rings. The lowest BCUT2D eigenvalue weighted by Gasteiger charge is -2.09. The highest BCUT2D eigenvalue weighted by Gasteiger charge is 2.17. The van der Waals surface area contributed by atoms with Crippen molar-refractivity contribution in [3.05, 3.63) is 34.3 Å². The van der Waals surface area contributed by atoms with E-state index in [1.54, 1.807) is 6.92 Å². The van der Waals surface area contributed by atoms with Crippen molar-refractivity contribution in [2.24, 2.45) is 5.92 Å². The third-order valence-corrected chi connectivity index (χ3v) is 4.42. The lowest BCUT2D eigenvalue weighted by atomic mass is 10.2. The first-order valence-corrected chi connectivity index (χ1v) is 7.48. The van der Waals surface area contributed by atoms with Crippen LogP contribution in [0.15, 0.2) is 18.2 Å². The first-order chi connectivity index (χ1) is 8.43. The van der Waals surface area contributed by atoms with Gasteiger partial charge in [-0.25, -0.2) is 0 Å². The number of aryl methyl sites for hydroxylation is 1. The fraction of sp³-hybridized carbons (Fsp3) is 0.462. The highest BCUT2D eigenvalue weighted by atomic mass is 35.5. The molecule has 2 atom stereocenters. The zero-order valence-corrected chi connectivity index (χ0v) is 12.3. The molecule has 0 aliphatic carbocycles. The molecule has 2 unspecified atom stereocenters. The third-order valence-electron chi connectivity index (χ3n) is 2.56. The number of esters is 1. The van der Waals surface area contributed by atoms with Crippen molar-refractivity contribution in [3.8, 4) is 0 Å². The Morgan fingerprint density at radius 1 is 1.50 bits per heavy atom. The third kappa shape index (κ3) is 4.42. The number of benzene rings is 1. The van der Waals surface area contributed by atoms with E-state index in [2.05, 4.69) is 4.74 Å². The number of ether oxygens (including phenoxy) is 1. The number of methoxy groups -OCH3 is 1. The van der Waals surface area contributed by atoms with E-state index in [1.807, 2.05) is 25.1 Å². The Balaban J connectivity index is 2.62. The Morgan fingerprint density at radius 2 is 2.17 bits per heavy atom. The maximum absolute atomic E-state index is 11.9. The summed E-state index contributed by atoms with van der Waals surface area (Å²) in [4.78, 5) is 11.2. The SMILES string of the molecule is COC(=O)C(C)CS(=O)Cc1ccc(C)cc1Cl. The van der Waals surface area contributed by atoms with Gasteiger partial charge in [0.25, 0.3) is 0 Å². The van der Waals surface area contributed by atoms with Crippen LogP contribution in [0.4, 0.5) is 0 Å². The zero-order chi connectivity index (χ0) is 13.7. The summed E-state index contributed by atoms with van der Waals surface area (Å²) in [5.41, 5.74) is 1.91. The molecule has 0 aliphatic rings. The number of halogens is 1. The maximum Gasteiger partial charge on any atom is 0.309 e. The van der Waals surface area contributed by atoms with Crippen LogP contribution in [0.25, 0.3) is 0 Å². The fourth-order valence-corrected chi connectivity index (χ4v) is 3.34. The summed E-state index contributed by atoms with van der Waals surface area (Å²) in [5.74, 6) is -0.0458. The van der Waals surface area contributed by atoms with Gasteiger partial charge < -0.3 is 4.74 Å². The summed E-state index contributed by atoms with van der Waals surface area (Å²) in [6.45, 7) is 3.66. The van der Waals surface area contributed by atoms with Crippen LogP contribution in [0.3, 0.4) is 0 Å². The molecule has 0 spiro atoms. The Bertz CT molecular complexity index is 460. The van der Waals surface area contributed by atoms with Gasteiger partial charge in [0.2, 0.25) is 0 Å². The minimum Gasteiger partial charge on any atom is -0.469 e. The van der Waals surface area contributed by atoms with Crippen LogP contribution in [0.1, 0.15) is 18.1 Å². The summed E-state index contributed by atoms with van der Waals surface area (Å²) in [6.07, 6.45) is 0. The van der Waals surface area contributed by atoms with Crippen molar-refractivity contribution in [2.75, 3.05) is 12.9 Å².